The molecule has 0 radical (unpaired) electrons. The number of hydrogen-bond acceptors (Lipinski definition) is 5. The number of aromatic amines is 1. The highest BCUT2D eigenvalue weighted by Gasteiger charge is 2.18. The summed E-state index contributed by atoms with van der Waals surface area (Å²) in [6.45, 7) is 4.15. The van der Waals surface area contributed by atoms with E-state index in [1.165, 1.54) is 0 Å². The molecular formula is C14H18N4O2. The molecule has 0 fully saturated rings. The average molecular weight is 274 g/mol. The number of nitrogens with one attached hydrogen (secondary N) is 2. The summed E-state index contributed by atoms with van der Waals surface area (Å²) in [6, 6.07) is 3.38. The third-order valence-corrected chi connectivity index (χ3v) is 2.87. The zero-order valence-corrected chi connectivity index (χ0v) is 11.6. The van der Waals surface area contributed by atoms with E-state index in [-0.39, 0.29) is 12.0 Å². The van der Waals surface area contributed by atoms with Gasteiger partial charge in [0.1, 0.15) is 17.2 Å². The van der Waals surface area contributed by atoms with E-state index in [9.17, 15) is 4.79 Å². The summed E-state index contributed by atoms with van der Waals surface area (Å²) in [4.78, 5) is 23.4. The van der Waals surface area contributed by atoms with E-state index in [1.807, 2.05) is 6.92 Å². The van der Waals surface area contributed by atoms with Gasteiger partial charge in [-0.2, -0.15) is 0 Å². The van der Waals surface area contributed by atoms with Crippen LogP contribution < -0.4 is 5.32 Å². The molecule has 0 aliphatic carbocycles. The summed E-state index contributed by atoms with van der Waals surface area (Å²) >= 11 is 0. The Balaban J connectivity index is 2.22. The molecule has 2 aromatic rings. The predicted octanol–water partition coefficient (Wildman–Crippen LogP) is 2.54. The lowest BCUT2D eigenvalue weighted by atomic mass is 10.2. The highest BCUT2D eigenvalue weighted by atomic mass is 16.5. The second kappa shape index (κ2) is 6.70. The SMILES string of the molecule is CCOC(=O)c1cccnc1NC(CC)c1ncc[nH]1. The van der Waals surface area contributed by atoms with Gasteiger partial charge >= 0.3 is 5.97 Å². The Labute approximate surface area is 117 Å². The highest BCUT2D eigenvalue weighted by Crippen LogP contribution is 2.21. The maximum absolute atomic E-state index is 11.9. The largest absolute Gasteiger partial charge is 0.462 e. The lowest BCUT2D eigenvalue weighted by molar-refractivity contribution is 0.0527. The third kappa shape index (κ3) is 3.14. The normalized spacial score (nSPS) is 11.9. The molecule has 1 atom stereocenters. The number of rotatable bonds is 6. The molecule has 0 spiro atoms. The molecule has 2 rings (SSSR count). The van der Waals surface area contributed by atoms with Crippen molar-refractivity contribution in [2.24, 2.45) is 0 Å². The molecule has 2 aromatic heterocycles. The number of carbonyl (C=O) groups excluding carboxylic acids is 1. The molecule has 20 heavy (non-hydrogen) atoms. The molecule has 2 N–H and O–H groups in total. The first-order chi connectivity index (χ1) is 9.76. The molecule has 0 saturated heterocycles. The van der Waals surface area contributed by atoms with E-state index in [0.717, 1.165) is 12.2 Å². The van der Waals surface area contributed by atoms with Crippen LogP contribution in [0.15, 0.2) is 30.7 Å². The Morgan fingerprint density at radius 3 is 2.90 bits per heavy atom. The summed E-state index contributed by atoms with van der Waals surface area (Å²) in [6.07, 6.45) is 5.92. The maximum atomic E-state index is 11.9. The van der Waals surface area contributed by atoms with Crippen LogP contribution in [0.3, 0.4) is 0 Å². The Kier molecular flexibility index (Phi) is 4.70. The van der Waals surface area contributed by atoms with Gasteiger partial charge in [0.2, 0.25) is 0 Å². The number of H-pyrrole nitrogens is 1. The van der Waals surface area contributed by atoms with Gasteiger partial charge in [-0.1, -0.05) is 6.92 Å². The number of nitrogens with zero attached hydrogens (tertiary/aromatic N) is 2. The number of ether oxygens (including phenoxy) is 1. The predicted molar refractivity (Wildman–Crippen MR) is 75.4 cm³/mol. The van der Waals surface area contributed by atoms with Crippen LogP contribution in [0.4, 0.5) is 5.82 Å². The van der Waals surface area contributed by atoms with E-state index < -0.39 is 0 Å². The van der Waals surface area contributed by atoms with Crippen molar-refractivity contribution in [2.45, 2.75) is 26.3 Å². The van der Waals surface area contributed by atoms with Gasteiger partial charge in [0.05, 0.1) is 12.6 Å². The number of aromatic nitrogens is 3. The van der Waals surface area contributed by atoms with E-state index in [1.54, 1.807) is 37.6 Å². The van der Waals surface area contributed by atoms with Gasteiger partial charge in [-0.3, -0.25) is 0 Å². The number of hydrogen-bond donors (Lipinski definition) is 2. The summed E-state index contributed by atoms with van der Waals surface area (Å²) < 4.78 is 5.03. The first-order valence-electron chi connectivity index (χ1n) is 6.64. The monoisotopic (exact) mass is 274 g/mol. The Bertz CT molecular complexity index is 554. The molecule has 6 nitrogen and oxygen atoms in total. The maximum Gasteiger partial charge on any atom is 0.341 e. The van der Waals surface area contributed by atoms with Crippen molar-refractivity contribution in [3.63, 3.8) is 0 Å². The second-order valence-electron chi connectivity index (χ2n) is 4.20. The highest BCUT2D eigenvalue weighted by molar-refractivity contribution is 5.94. The van der Waals surface area contributed by atoms with Crippen molar-refractivity contribution < 1.29 is 9.53 Å². The van der Waals surface area contributed by atoms with Gasteiger partial charge < -0.3 is 15.0 Å². The first-order valence-corrected chi connectivity index (χ1v) is 6.64. The van der Waals surface area contributed by atoms with Gasteiger partial charge in [-0.05, 0) is 25.5 Å². The lowest BCUT2D eigenvalue weighted by Gasteiger charge is -2.17. The number of imidazole rings is 1. The molecule has 1 unspecified atom stereocenters. The second-order valence-corrected chi connectivity index (χ2v) is 4.20. The van der Waals surface area contributed by atoms with Crippen LogP contribution in [0.2, 0.25) is 0 Å². The van der Waals surface area contributed by atoms with Crippen LogP contribution >= 0.6 is 0 Å². The smallest absolute Gasteiger partial charge is 0.341 e. The van der Waals surface area contributed by atoms with E-state index in [4.69, 9.17) is 4.74 Å². The fraction of sp³-hybridized carbons (Fsp3) is 0.357. The molecule has 6 heteroatoms. The van der Waals surface area contributed by atoms with Crippen molar-refractivity contribution in [2.75, 3.05) is 11.9 Å². The summed E-state index contributed by atoms with van der Waals surface area (Å²) in [5.74, 6) is 0.944. The van der Waals surface area contributed by atoms with Crippen LogP contribution in [-0.2, 0) is 4.74 Å². The van der Waals surface area contributed by atoms with Crippen LogP contribution in [0.25, 0.3) is 0 Å². The standard InChI is InChI=1S/C14H18N4O2/c1-3-11(13-16-8-9-17-13)18-12-10(6-5-7-15-12)14(19)20-4-2/h5-9,11H,3-4H2,1-2H3,(H,15,18)(H,16,17). The van der Waals surface area contributed by atoms with E-state index >= 15 is 0 Å². The Hall–Kier alpha value is -2.37. The number of esters is 1. The van der Waals surface area contributed by atoms with Crippen molar-refractivity contribution >= 4 is 11.8 Å². The van der Waals surface area contributed by atoms with E-state index in [2.05, 4.69) is 20.3 Å². The van der Waals surface area contributed by atoms with Gasteiger partial charge in [0.15, 0.2) is 0 Å². The van der Waals surface area contributed by atoms with E-state index in [0.29, 0.717) is 18.0 Å². The molecule has 2 heterocycles. The van der Waals surface area contributed by atoms with Crippen LogP contribution in [0, 0.1) is 0 Å². The third-order valence-electron chi connectivity index (χ3n) is 2.87. The fourth-order valence-corrected chi connectivity index (χ4v) is 1.89. The number of pyridine rings is 1. The fourth-order valence-electron chi connectivity index (χ4n) is 1.89. The first kappa shape index (κ1) is 14.0. The van der Waals surface area contributed by atoms with Crippen molar-refractivity contribution in [3.05, 3.63) is 42.1 Å². The van der Waals surface area contributed by atoms with Gasteiger partial charge in [0.25, 0.3) is 0 Å². The molecule has 0 aliphatic rings. The molecule has 106 valence electrons. The molecule has 0 bridgehead atoms. The van der Waals surface area contributed by atoms with Gasteiger partial charge in [0, 0.05) is 18.6 Å². The van der Waals surface area contributed by atoms with Crippen molar-refractivity contribution in [1.82, 2.24) is 15.0 Å². The number of carbonyl (C=O) groups is 1. The number of anilines is 1. The average Bonchev–Trinajstić information content (AvgIpc) is 2.99. The van der Waals surface area contributed by atoms with Gasteiger partial charge in [-0.15, -0.1) is 0 Å². The minimum absolute atomic E-state index is 0.0342. The quantitative estimate of drug-likeness (QED) is 0.791. The Morgan fingerprint density at radius 2 is 2.25 bits per heavy atom. The molecular weight excluding hydrogens is 256 g/mol. The topological polar surface area (TPSA) is 79.9 Å². The summed E-state index contributed by atoms with van der Waals surface area (Å²) in [7, 11) is 0. The zero-order chi connectivity index (χ0) is 14.4. The Morgan fingerprint density at radius 1 is 1.40 bits per heavy atom. The summed E-state index contributed by atoms with van der Waals surface area (Å²) in [5, 5.41) is 3.23. The summed E-state index contributed by atoms with van der Waals surface area (Å²) in [5.41, 5.74) is 0.430. The van der Waals surface area contributed by atoms with Crippen LogP contribution in [0.5, 0.6) is 0 Å². The minimum Gasteiger partial charge on any atom is -0.462 e. The van der Waals surface area contributed by atoms with Crippen molar-refractivity contribution in [1.29, 1.82) is 0 Å². The lowest BCUT2D eigenvalue weighted by Crippen LogP contribution is -2.16. The molecule has 0 saturated carbocycles. The minimum atomic E-state index is -0.377. The van der Waals surface area contributed by atoms with Crippen LogP contribution in [-0.4, -0.2) is 27.5 Å². The van der Waals surface area contributed by atoms with Crippen molar-refractivity contribution in [3.8, 4) is 0 Å². The molecule has 0 amide bonds. The zero-order valence-electron chi connectivity index (χ0n) is 11.6. The van der Waals surface area contributed by atoms with Gasteiger partial charge in [-0.25, -0.2) is 14.8 Å². The van der Waals surface area contributed by atoms with Crippen LogP contribution in [0.1, 0.15) is 42.5 Å². The molecule has 0 aliphatic heterocycles. The molecule has 0 aromatic carbocycles.